The smallest absolute Gasteiger partial charge is 0.165 e. The van der Waals surface area contributed by atoms with E-state index >= 15 is 0 Å². The van der Waals surface area contributed by atoms with Crippen LogP contribution in [0.5, 0.6) is 0 Å². The summed E-state index contributed by atoms with van der Waals surface area (Å²) in [6.07, 6.45) is 3.82. The Hall–Kier alpha value is -3.21. The fourth-order valence-corrected chi connectivity index (χ4v) is 2.87. The molecule has 124 valence electrons. The van der Waals surface area contributed by atoms with Gasteiger partial charge in [-0.1, -0.05) is 42.5 Å². The second kappa shape index (κ2) is 6.36. The largest absolute Gasteiger partial charge is 0.362 e. The van der Waals surface area contributed by atoms with E-state index in [1.807, 2.05) is 78.5 Å². The summed E-state index contributed by atoms with van der Waals surface area (Å²) in [5.74, 6) is 1.61. The van der Waals surface area contributed by atoms with Crippen LogP contribution in [0, 0.1) is 0 Å². The highest BCUT2D eigenvalue weighted by atomic mass is 15.3. The number of hydrogen-bond acceptors (Lipinski definition) is 4. The van der Waals surface area contributed by atoms with E-state index in [4.69, 9.17) is 9.97 Å². The molecule has 2 heterocycles. The van der Waals surface area contributed by atoms with Crippen LogP contribution in [0.4, 0.5) is 5.82 Å². The standard InChI is InChI=1S/C20H19N5/c1-24(2)20-17-10-6-7-11-18(17)22-19(23-20)16-12-21-25(14-16)13-15-8-4-3-5-9-15/h3-12,14H,13H2,1-2H3. The molecule has 2 aromatic carbocycles. The summed E-state index contributed by atoms with van der Waals surface area (Å²) in [5.41, 5.74) is 3.07. The van der Waals surface area contributed by atoms with Gasteiger partial charge >= 0.3 is 0 Å². The minimum Gasteiger partial charge on any atom is -0.362 e. The lowest BCUT2D eigenvalue weighted by Crippen LogP contribution is -2.12. The summed E-state index contributed by atoms with van der Waals surface area (Å²) in [6, 6.07) is 18.4. The van der Waals surface area contributed by atoms with Gasteiger partial charge in [0.2, 0.25) is 0 Å². The van der Waals surface area contributed by atoms with Gasteiger partial charge < -0.3 is 4.90 Å². The molecular formula is C20H19N5. The van der Waals surface area contributed by atoms with Crippen LogP contribution in [0.2, 0.25) is 0 Å². The van der Waals surface area contributed by atoms with Gasteiger partial charge in [-0.2, -0.15) is 5.10 Å². The Kier molecular flexibility index (Phi) is 3.90. The van der Waals surface area contributed by atoms with Crippen LogP contribution in [-0.4, -0.2) is 33.8 Å². The minimum absolute atomic E-state index is 0.696. The zero-order valence-electron chi connectivity index (χ0n) is 14.3. The van der Waals surface area contributed by atoms with Gasteiger partial charge in [0.25, 0.3) is 0 Å². The SMILES string of the molecule is CN(C)c1nc(-c2cnn(Cc3ccccc3)c2)nc2ccccc12. The molecule has 0 saturated heterocycles. The van der Waals surface area contributed by atoms with E-state index in [-0.39, 0.29) is 0 Å². The number of rotatable bonds is 4. The lowest BCUT2D eigenvalue weighted by atomic mass is 10.2. The summed E-state index contributed by atoms with van der Waals surface area (Å²) in [5, 5.41) is 5.51. The average molecular weight is 329 g/mol. The van der Waals surface area contributed by atoms with Crippen molar-refractivity contribution in [3.05, 3.63) is 72.6 Å². The van der Waals surface area contributed by atoms with Gasteiger partial charge in [-0.15, -0.1) is 0 Å². The number of anilines is 1. The molecule has 0 aliphatic heterocycles. The quantitative estimate of drug-likeness (QED) is 0.574. The summed E-state index contributed by atoms with van der Waals surface area (Å²) in [7, 11) is 3.99. The highest BCUT2D eigenvalue weighted by Gasteiger charge is 2.12. The van der Waals surface area contributed by atoms with Gasteiger partial charge in [-0.3, -0.25) is 4.68 Å². The van der Waals surface area contributed by atoms with Gasteiger partial charge in [0.15, 0.2) is 5.82 Å². The van der Waals surface area contributed by atoms with Crippen molar-refractivity contribution in [1.82, 2.24) is 19.7 Å². The van der Waals surface area contributed by atoms with E-state index in [9.17, 15) is 0 Å². The average Bonchev–Trinajstić information content (AvgIpc) is 3.10. The molecule has 0 saturated carbocycles. The molecule has 0 radical (unpaired) electrons. The third kappa shape index (κ3) is 3.08. The minimum atomic E-state index is 0.696. The molecule has 2 aromatic heterocycles. The summed E-state index contributed by atoms with van der Waals surface area (Å²) in [4.78, 5) is 11.5. The molecule has 0 aliphatic rings. The van der Waals surface area contributed by atoms with E-state index in [0.29, 0.717) is 5.82 Å². The maximum atomic E-state index is 4.75. The van der Waals surface area contributed by atoms with E-state index < -0.39 is 0 Å². The third-order valence-electron chi connectivity index (χ3n) is 4.09. The van der Waals surface area contributed by atoms with Crippen molar-refractivity contribution in [3.63, 3.8) is 0 Å². The van der Waals surface area contributed by atoms with E-state index in [0.717, 1.165) is 28.8 Å². The second-order valence-corrected chi connectivity index (χ2v) is 6.19. The van der Waals surface area contributed by atoms with Crippen LogP contribution < -0.4 is 4.90 Å². The molecule has 0 fully saturated rings. The molecule has 0 atom stereocenters. The Morgan fingerprint density at radius 3 is 2.48 bits per heavy atom. The first-order valence-corrected chi connectivity index (χ1v) is 8.21. The van der Waals surface area contributed by atoms with Crippen LogP contribution in [0.25, 0.3) is 22.3 Å². The Morgan fingerprint density at radius 2 is 1.68 bits per heavy atom. The van der Waals surface area contributed by atoms with Crippen molar-refractivity contribution in [2.24, 2.45) is 0 Å². The lowest BCUT2D eigenvalue weighted by molar-refractivity contribution is 0.687. The highest BCUT2D eigenvalue weighted by molar-refractivity contribution is 5.90. The molecule has 4 aromatic rings. The van der Waals surface area contributed by atoms with Crippen LogP contribution in [0.1, 0.15) is 5.56 Å². The topological polar surface area (TPSA) is 46.8 Å². The monoisotopic (exact) mass is 329 g/mol. The summed E-state index contributed by atoms with van der Waals surface area (Å²) < 4.78 is 1.92. The molecular weight excluding hydrogens is 310 g/mol. The fourth-order valence-electron chi connectivity index (χ4n) is 2.87. The van der Waals surface area contributed by atoms with E-state index in [1.54, 1.807) is 0 Å². The molecule has 0 spiro atoms. The maximum absolute atomic E-state index is 4.75. The van der Waals surface area contributed by atoms with Gasteiger partial charge in [0.05, 0.1) is 23.8 Å². The third-order valence-corrected chi connectivity index (χ3v) is 4.09. The van der Waals surface area contributed by atoms with Gasteiger partial charge in [0.1, 0.15) is 5.82 Å². The van der Waals surface area contributed by atoms with Crippen molar-refractivity contribution in [2.45, 2.75) is 6.54 Å². The predicted octanol–water partition coefficient (Wildman–Crippen LogP) is 3.61. The van der Waals surface area contributed by atoms with Crippen molar-refractivity contribution < 1.29 is 0 Å². The molecule has 0 amide bonds. The van der Waals surface area contributed by atoms with E-state index in [2.05, 4.69) is 17.2 Å². The molecule has 0 N–H and O–H groups in total. The number of hydrogen-bond donors (Lipinski definition) is 0. The highest BCUT2D eigenvalue weighted by Crippen LogP contribution is 2.26. The molecule has 0 bridgehead atoms. The Morgan fingerprint density at radius 1 is 0.920 bits per heavy atom. The zero-order valence-corrected chi connectivity index (χ0v) is 14.3. The summed E-state index contributed by atoms with van der Waals surface area (Å²) >= 11 is 0. The maximum Gasteiger partial charge on any atom is 0.165 e. The normalized spacial score (nSPS) is 11.0. The van der Waals surface area contributed by atoms with Gasteiger partial charge in [0, 0.05) is 25.7 Å². The van der Waals surface area contributed by atoms with Crippen molar-refractivity contribution >= 4 is 16.7 Å². The van der Waals surface area contributed by atoms with Crippen LogP contribution >= 0.6 is 0 Å². The van der Waals surface area contributed by atoms with Crippen molar-refractivity contribution in [3.8, 4) is 11.4 Å². The molecule has 4 rings (SSSR count). The first-order valence-electron chi connectivity index (χ1n) is 8.21. The molecule has 5 heteroatoms. The van der Waals surface area contributed by atoms with Gasteiger partial charge in [-0.25, -0.2) is 9.97 Å². The Balaban J connectivity index is 1.73. The number of fused-ring (bicyclic) bond motifs is 1. The molecule has 5 nitrogen and oxygen atoms in total. The first kappa shape index (κ1) is 15.3. The second-order valence-electron chi connectivity index (χ2n) is 6.19. The van der Waals surface area contributed by atoms with Crippen LogP contribution in [0.15, 0.2) is 67.0 Å². The fraction of sp³-hybridized carbons (Fsp3) is 0.150. The first-order chi connectivity index (χ1) is 12.2. The zero-order chi connectivity index (χ0) is 17.2. The molecule has 0 aliphatic carbocycles. The predicted molar refractivity (Wildman–Crippen MR) is 101 cm³/mol. The van der Waals surface area contributed by atoms with Crippen LogP contribution in [0.3, 0.4) is 0 Å². The van der Waals surface area contributed by atoms with E-state index in [1.165, 1.54) is 5.56 Å². The van der Waals surface area contributed by atoms with Crippen LogP contribution in [-0.2, 0) is 6.54 Å². The number of benzene rings is 2. The Labute approximate surface area is 146 Å². The number of nitrogens with zero attached hydrogens (tertiary/aromatic N) is 5. The number of para-hydroxylation sites is 1. The molecule has 25 heavy (non-hydrogen) atoms. The molecule has 0 unspecified atom stereocenters. The lowest BCUT2D eigenvalue weighted by Gasteiger charge is -2.14. The van der Waals surface area contributed by atoms with Crippen molar-refractivity contribution in [2.75, 3.05) is 19.0 Å². The van der Waals surface area contributed by atoms with Gasteiger partial charge in [-0.05, 0) is 17.7 Å². The number of aromatic nitrogens is 4. The summed E-state index contributed by atoms with van der Waals surface area (Å²) in [6.45, 7) is 0.731. The Bertz CT molecular complexity index is 1000. The van der Waals surface area contributed by atoms with Crippen molar-refractivity contribution in [1.29, 1.82) is 0 Å².